The summed E-state index contributed by atoms with van der Waals surface area (Å²) in [6, 6.07) is 4.77. The van der Waals surface area contributed by atoms with Crippen molar-refractivity contribution in [3.63, 3.8) is 0 Å². The van der Waals surface area contributed by atoms with Gasteiger partial charge in [0.2, 0.25) is 10.0 Å². The quantitative estimate of drug-likeness (QED) is 0.845. The zero-order chi connectivity index (χ0) is 18.4. The van der Waals surface area contributed by atoms with Crippen molar-refractivity contribution in [2.24, 2.45) is 25.7 Å². The molecular weight excluding hydrogens is 340 g/mol. The minimum Gasteiger partial charge on any atom is -0.329 e. The fraction of sp³-hybridized carbons (Fsp3) is 0.588. The number of fused-ring (bicyclic) bond motifs is 1. The third-order valence-corrected chi connectivity index (χ3v) is 7.26. The van der Waals surface area contributed by atoms with E-state index in [0.29, 0.717) is 11.0 Å². The van der Waals surface area contributed by atoms with E-state index in [1.807, 2.05) is 0 Å². The van der Waals surface area contributed by atoms with Crippen LogP contribution >= 0.6 is 0 Å². The molecule has 7 nitrogen and oxygen atoms in total. The summed E-state index contributed by atoms with van der Waals surface area (Å²) in [6.45, 7) is 2.33. The average molecular weight is 366 g/mol. The molecule has 0 bridgehead atoms. The molecule has 1 aromatic heterocycles. The zero-order valence-electron chi connectivity index (χ0n) is 14.9. The molecule has 0 aliphatic heterocycles. The maximum Gasteiger partial charge on any atom is 0.328 e. The number of hydrogen-bond acceptors (Lipinski definition) is 4. The number of hydrogen-bond donors (Lipinski definition) is 2. The first-order chi connectivity index (χ1) is 11.7. The van der Waals surface area contributed by atoms with Gasteiger partial charge in [0.15, 0.2) is 0 Å². The van der Waals surface area contributed by atoms with Crippen molar-refractivity contribution in [3.05, 3.63) is 28.7 Å². The smallest absolute Gasteiger partial charge is 0.328 e. The van der Waals surface area contributed by atoms with E-state index >= 15 is 0 Å². The van der Waals surface area contributed by atoms with Crippen molar-refractivity contribution >= 4 is 21.1 Å². The Balaban J connectivity index is 2.04. The van der Waals surface area contributed by atoms with Gasteiger partial charge in [0, 0.05) is 26.2 Å². The minimum absolute atomic E-state index is 0.159. The van der Waals surface area contributed by atoms with Gasteiger partial charge < -0.3 is 5.73 Å². The molecule has 1 saturated carbocycles. The number of aromatic nitrogens is 2. The molecule has 0 saturated heterocycles. The second-order valence-electron chi connectivity index (χ2n) is 7.16. The molecular formula is C17H26N4O3S. The van der Waals surface area contributed by atoms with Crippen LogP contribution in [0.4, 0.5) is 0 Å². The Labute approximate surface area is 147 Å². The number of imidazole rings is 1. The first kappa shape index (κ1) is 18.2. The number of aryl methyl sites for hydroxylation is 2. The predicted octanol–water partition coefficient (Wildman–Crippen LogP) is 1.06. The Morgan fingerprint density at radius 1 is 1.24 bits per heavy atom. The van der Waals surface area contributed by atoms with E-state index in [2.05, 4.69) is 11.6 Å². The second kappa shape index (κ2) is 6.26. The van der Waals surface area contributed by atoms with Gasteiger partial charge >= 0.3 is 5.69 Å². The lowest BCUT2D eigenvalue weighted by atomic mass is 9.74. The summed E-state index contributed by atoms with van der Waals surface area (Å²) in [5.74, 6) is 0.186. The minimum atomic E-state index is -3.73. The van der Waals surface area contributed by atoms with Gasteiger partial charge in [0.05, 0.1) is 15.9 Å². The Morgan fingerprint density at radius 2 is 1.92 bits per heavy atom. The zero-order valence-corrected chi connectivity index (χ0v) is 15.8. The summed E-state index contributed by atoms with van der Waals surface area (Å²) in [5, 5.41) is 0. The van der Waals surface area contributed by atoms with Crippen molar-refractivity contribution in [2.75, 3.05) is 6.54 Å². The topological polar surface area (TPSA) is 99.1 Å². The summed E-state index contributed by atoms with van der Waals surface area (Å²) in [6.07, 6.45) is 3.78. The first-order valence-corrected chi connectivity index (χ1v) is 10.1. The highest BCUT2D eigenvalue weighted by Crippen LogP contribution is 2.34. The lowest BCUT2D eigenvalue weighted by Crippen LogP contribution is -2.58. The van der Waals surface area contributed by atoms with E-state index in [1.165, 1.54) is 9.13 Å². The molecule has 138 valence electrons. The number of rotatable bonds is 4. The number of benzene rings is 1. The summed E-state index contributed by atoms with van der Waals surface area (Å²) >= 11 is 0. The van der Waals surface area contributed by atoms with Crippen LogP contribution in [-0.2, 0) is 24.1 Å². The van der Waals surface area contributed by atoms with Crippen molar-refractivity contribution < 1.29 is 8.42 Å². The highest BCUT2D eigenvalue weighted by molar-refractivity contribution is 7.89. The Bertz CT molecular complexity index is 960. The molecule has 1 aliphatic rings. The molecule has 3 rings (SSSR count). The average Bonchev–Trinajstić information content (AvgIpc) is 2.81. The normalized spacial score (nSPS) is 24.7. The molecule has 1 fully saturated rings. The van der Waals surface area contributed by atoms with Crippen LogP contribution in [-0.4, -0.2) is 29.6 Å². The number of nitrogens with zero attached hydrogens (tertiary/aromatic N) is 2. The Hall–Kier alpha value is -1.64. The third-order valence-electron chi connectivity index (χ3n) is 5.71. The number of nitrogens with one attached hydrogen (secondary N) is 1. The Morgan fingerprint density at radius 3 is 2.56 bits per heavy atom. The molecule has 0 radical (unpaired) electrons. The molecule has 0 amide bonds. The fourth-order valence-electron chi connectivity index (χ4n) is 3.89. The van der Waals surface area contributed by atoms with E-state index in [-0.39, 0.29) is 23.0 Å². The van der Waals surface area contributed by atoms with E-state index in [1.54, 1.807) is 32.3 Å². The molecule has 1 heterocycles. The molecule has 0 spiro atoms. The SMILES string of the molecule is CC1CCCCC1(CN)NS(=O)(=O)c1ccc2c(c1)n(C)c(=O)n2C. The van der Waals surface area contributed by atoms with Crippen molar-refractivity contribution in [3.8, 4) is 0 Å². The summed E-state index contributed by atoms with van der Waals surface area (Å²) in [7, 11) is -0.421. The predicted molar refractivity (Wildman–Crippen MR) is 97.9 cm³/mol. The lowest BCUT2D eigenvalue weighted by molar-refractivity contribution is 0.191. The Kier molecular flexibility index (Phi) is 4.55. The molecule has 3 N–H and O–H groups in total. The van der Waals surface area contributed by atoms with Gasteiger partial charge in [-0.25, -0.2) is 17.9 Å². The van der Waals surface area contributed by atoms with Crippen LogP contribution in [0.5, 0.6) is 0 Å². The molecule has 25 heavy (non-hydrogen) atoms. The van der Waals surface area contributed by atoms with E-state index < -0.39 is 15.6 Å². The maximum atomic E-state index is 13.0. The summed E-state index contributed by atoms with van der Waals surface area (Å²) in [5.41, 5.74) is 6.48. The fourth-order valence-corrected chi connectivity index (χ4v) is 5.44. The molecule has 8 heteroatoms. The van der Waals surface area contributed by atoms with Crippen LogP contribution in [0.3, 0.4) is 0 Å². The van der Waals surface area contributed by atoms with Crippen LogP contribution in [0.1, 0.15) is 32.6 Å². The van der Waals surface area contributed by atoms with Gasteiger partial charge in [-0.1, -0.05) is 19.8 Å². The largest absolute Gasteiger partial charge is 0.329 e. The van der Waals surface area contributed by atoms with Gasteiger partial charge in [-0.2, -0.15) is 0 Å². The van der Waals surface area contributed by atoms with Crippen LogP contribution in [0.25, 0.3) is 11.0 Å². The van der Waals surface area contributed by atoms with Gasteiger partial charge in [0.1, 0.15) is 0 Å². The van der Waals surface area contributed by atoms with Crippen molar-refractivity contribution in [1.29, 1.82) is 0 Å². The van der Waals surface area contributed by atoms with Crippen LogP contribution in [0, 0.1) is 5.92 Å². The van der Waals surface area contributed by atoms with Gasteiger partial charge in [-0.05, 0) is 37.0 Å². The third kappa shape index (κ3) is 2.92. The summed E-state index contributed by atoms with van der Waals surface area (Å²) < 4.78 is 31.8. The van der Waals surface area contributed by atoms with Crippen molar-refractivity contribution in [1.82, 2.24) is 13.9 Å². The molecule has 2 unspecified atom stereocenters. The highest BCUT2D eigenvalue weighted by atomic mass is 32.2. The molecule has 2 atom stereocenters. The first-order valence-electron chi connectivity index (χ1n) is 8.61. The molecule has 1 aromatic carbocycles. The van der Waals surface area contributed by atoms with E-state index in [4.69, 9.17) is 5.73 Å². The van der Waals surface area contributed by atoms with Crippen LogP contribution in [0.2, 0.25) is 0 Å². The number of nitrogens with two attached hydrogens (primary N) is 1. The maximum absolute atomic E-state index is 13.0. The van der Waals surface area contributed by atoms with Crippen molar-refractivity contribution in [2.45, 2.75) is 43.0 Å². The van der Waals surface area contributed by atoms with Crippen LogP contribution < -0.4 is 16.1 Å². The van der Waals surface area contributed by atoms with E-state index in [0.717, 1.165) is 25.7 Å². The lowest BCUT2D eigenvalue weighted by Gasteiger charge is -2.42. The second-order valence-corrected chi connectivity index (χ2v) is 8.85. The molecule has 2 aromatic rings. The van der Waals surface area contributed by atoms with Gasteiger partial charge in [-0.15, -0.1) is 0 Å². The standard InChI is InChI=1S/C17H26N4O3S/c1-12-6-4-5-9-17(12,11-18)19-25(23,24)13-7-8-14-15(10-13)21(3)16(22)20(14)2/h7-8,10,12,19H,4-6,9,11,18H2,1-3H3. The highest BCUT2D eigenvalue weighted by Gasteiger charge is 2.40. The van der Waals surface area contributed by atoms with Gasteiger partial charge in [0.25, 0.3) is 0 Å². The molecule has 1 aliphatic carbocycles. The van der Waals surface area contributed by atoms with Gasteiger partial charge in [-0.3, -0.25) is 9.13 Å². The summed E-state index contributed by atoms with van der Waals surface area (Å²) in [4.78, 5) is 12.2. The van der Waals surface area contributed by atoms with Crippen LogP contribution in [0.15, 0.2) is 27.9 Å². The number of sulfonamides is 1. The monoisotopic (exact) mass is 366 g/mol. The van der Waals surface area contributed by atoms with E-state index in [9.17, 15) is 13.2 Å².